The van der Waals surface area contributed by atoms with E-state index in [-0.39, 0.29) is 4.90 Å². The van der Waals surface area contributed by atoms with Crippen LogP contribution in [0.2, 0.25) is 0 Å². The lowest BCUT2D eigenvalue weighted by Gasteiger charge is -2.13. The van der Waals surface area contributed by atoms with Crippen molar-refractivity contribution in [3.05, 3.63) is 84.3 Å². The van der Waals surface area contributed by atoms with Gasteiger partial charge in [0.25, 0.3) is 10.0 Å². The lowest BCUT2D eigenvalue weighted by Crippen LogP contribution is -2.20. The van der Waals surface area contributed by atoms with E-state index in [4.69, 9.17) is 4.74 Å². The first kappa shape index (κ1) is 20.9. The summed E-state index contributed by atoms with van der Waals surface area (Å²) in [6, 6.07) is 16.9. The van der Waals surface area contributed by atoms with E-state index in [1.54, 1.807) is 48.8 Å². The van der Waals surface area contributed by atoms with Gasteiger partial charge in [-0.05, 0) is 42.0 Å². The number of aromatic amines is 1. The van der Waals surface area contributed by atoms with Crippen LogP contribution in [0.25, 0.3) is 10.9 Å². The number of benzene rings is 2. The summed E-state index contributed by atoms with van der Waals surface area (Å²) in [5.41, 5.74) is 2.71. The third kappa shape index (κ3) is 4.69. The molecule has 0 saturated heterocycles. The SMILES string of the molecule is COc1ccccc1NS(=O)(=O)c1ccc(CNC(O)c2cc3cnccc3[nH]2)cc1. The van der Waals surface area contributed by atoms with Crippen LogP contribution in [0, 0.1) is 0 Å². The third-order valence-electron chi connectivity index (χ3n) is 4.82. The predicted octanol–water partition coefficient (Wildman–Crippen LogP) is 3.15. The summed E-state index contributed by atoms with van der Waals surface area (Å²) in [6.07, 6.45) is 2.50. The van der Waals surface area contributed by atoms with Gasteiger partial charge in [0.05, 0.1) is 23.4 Å². The summed E-state index contributed by atoms with van der Waals surface area (Å²) < 4.78 is 33.1. The number of sulfonamides is 1. The van der Waals surface area contributed by atoms with Gasteiger partial charge in [-0.25, -0.2) is 8.42 Å². The molecule has 1 unspecified atom stereocenters. The Bertz CT molecular complexity index is 1250. The summed E-state index contributed by atoms with van der Waals surface area (Å²) in [5.74, 6) is 0.439. The molecule has 2 aromatic carbocycles. The number of ether oxygens (including phenoxy) is 1. The predicted molar refractivity (Wildman–Crippen MR) is 118 cm³/mol. The Balaban J connectivity index is 1.41. The van der Waals surface area contributed by atoms with E-state index in [0.717, 1.165) is 16.5 Å². The van der Waals surface area contributed by atoms with Gasteiger partial charge < -0.3 is 14.8 Å². The number of aromatic nitrogens is 2. The highest BCUT2D eigenvalue weighted by atomic mass is 32.2. The second kappa shape index (κ2) is 8.76. The summed E-state index contributed by atoms with van der Waals surface area (Å²) in [5, 5.41) is 14.3. The maximum atomic E-state index is 12.7. The fourth-order valence-electron chi connectivity index (χ4n) is 3.19. The minimum atomic E-state index is -3.76. The second-order valence-electron chi connectivity index (χ2n) is 6.92. The van der Waals surface area contributed by atoms with Gasteiger partial charge in [-0.1, -0.05) is 24.3 Å². The fraction of sp³-hybridized carbons (Fsp3) is 0.136. The number of pyridine rings is 1. The van der Waals surface area contributed by atoms with Crippen LogP contribution in [-0.2, 0) is 16.6 Å². The van der Waals surface area contributed by atoms with Gasteiger partial charge in [0.2, 0.25) is 0 Å². The molecule has 2 aromatic heterocycles. The Morgan fingerprint density at radius 3 is 2.65 bits per heavy atom. The minimum absolute atomic E-state index is 0.130. The first-order chi connectivity index (χ1) is 15.0. The lowest BCUT2D eigenvalue weighted by molar-refractivity contribution is 0.133. The van der Waals surface area contributed by atoms with Gasteiger partial charge >= 0.3 is 0 Å². The van der Waals surface area contributed by atoms with Crippen LogP contribution in [0.15, 0.2) is 78.0 Å². The quantitative estimate of drug-likeness (QED) is 0.314. The number of hydrogen-bond donors (Lipinski definition) is 4. The minimum Gasteiger partial charge on any atom is -0.495 e. The number of para-hydroxylation sites is 2. The van der Waals surface area contributed by atoms with E-state index in [2.05, 4.69) is 20.0 Å². The Hall–Kier alpha value is -3.40. The molecule has 4 aromatic rings. The number of aliphatic hydroxyl groups excluding tert-OH is 1. The number of H-pyrrole nitrogens is 1. The smallest absolute Gasteiger partial charge is 0.262 e. The first-order valence-electron chi connectivity index (χ1n) is 9.55. The second-order valence-corrected chi connectivity index (χ2v) is 8.60. The lowest BCUT2D eigenvalue weighted by atomic mass is 10.2. The molecule has 1 atom stereocenters. The van der Waals surface area contributed by atoms with Crippen LogP contribution in [0.3, 0.4) is 0 Å². The zero-order valence-electron chi connectivity index (χ0n) is 16.7. The van der Waals surface area contributed by atoms with Crippen LogP contribution in [0.4, 0.5) is 5.69 Å². The van der Waals surface area contributed by atoms with Crippen LogP contribution >= 0.6 is 0 Å². The Morgan fingerprint density at radius 1 is 1.13 bits per heavy atom. The molecule has 0 bridgehead atoms. The zero-order valence-corrected chi connectivity index (χ0v) is 17.6. The van der Waals surface area contributed by atoms with Gasteiger partial charge in [0, 0.05) is 29.8 Å². The van der Waals surface area contributed by atoms with Crippen LogP contribution in [0.5, 0.6) is 5.75 Å². The fourth-order valence-corrected chi connectivity index (χ4v) is 4.26. The highest BCUT2D eigenvalue weighted by molar-refractivity contribution is 7.92. The molecule has 0 saturated carbocycles. The van der Waals surface area contributed by atoms with Crippen molar-refractivity contribution in [1.82, 2.24) is 15.3 Å². The monoisotopic (exact) mass is 438 g/mol. The Labute approximate surface area is 180 Å². The van der Waals surface area contributed by atoms with Crippen LogP contribution in [0.1, 0.15) is 17.5 Å². The van der Waals surface area contributed by atoms with Crippen molar-refractivity contribution >= 4 is 26.6 Å². The molecular formula is C22H22N4O4S. The van der Waals surface area contributed by atoms with E-state index in [1.807, 2.05) is 12.1 Å². The number of aliphatic hydroxyl groups is 1. The van der Waals surface area contributed by atoms with E-state index < -0.39 is 16.3 Å². The zero-order chi connectivity index (χ0) is 21.8. The number of rotatable bonds is 8. The van der Waals surface area contributed by atoms with Crippen LogP contribution in [-0.4, -0.2) is 30.6 Å². The first-order valence-corrected chi connectivity index (χ1v) is 11.0. The van der Waals surface area contributed by atoms with Crippen molar-refractivity contribution in [2.75, 3.05) is 11.8 Å². The molecule has 8 nitrogen and oxygen atoms in total. The summed E-state index contributed by atoms with van der Waals surface area (Å²) in [7, 11) is -2.28. The molecule has 0 aliphatic heterocycles. The van der Waals surface area contributed by atoms with Crippen LogP contribution < -0.4 is 14.8 Å². The number of nitrogens with zero attached hydrogens (tertiary/aromatic N) is 1. The molecule has 0 amide bonds. The van der Waals surface area contributed by atoms with Crippen molar-refractivity contribution < 1.29 is 18.3 Å². The molecular weight excluding hydrogens is 416 g/mol. The molecule has 0 aliphatic rings. The number of anilines is 1. The third-order valence-corrected chi connectivity index (χ3v) is 6.20. The van der Waals surface area contributed by atoms with E-state index >= 15 is 0 Å². The Kier molecular flexibility index (Phi) is 5.90. The van der Waals surface area contributed by atoms with E-state index in [9.17, 15) is 13.5 Å². The largest absolute Gasteiger partial charge is 0.495 e. The molecule has 9 heteroatoms. The van der Waals surface area contributed by atoms with E-state index in [0.29, 0.717) is 23.7 Å². The molecule has 0 aliphatic carbocycles. The topological polar surface area (TPSA) is 116 Å². The number of hydrogen-bond acceptors (Lipinski definition) is 6. The maximum Gasteiger partial charge on any atom is 0.262 e. The average molecular weight is 439 g/mol. The van der Waals surface area contributed by atoms with Gasteiger partial charge in [-0.2, -0.15) is 0 Å². The highest BCUT2D eigenvalue weighted by Crippen LogP contribution is 2.26. The van der Waals surface area contributed by atoms with Gasteiger partial charge in [-0.3, -0.25) is 15.0 Å². The molecule has 31 heavy (non-hydrogen) atoms. The van der Waals surface area contributed by atoms with Crippen molar-refractivity contribution in [3.8, 4) is 5.75 Å². The number of methoxy groups -OCH3 is 1. The Morgan fingerprint density at radius 2 is 1.90 bits per heavy atom. The molecule has 0 spiro atoms. The normalized spacial score (nSPS) is 12.6. The van der Waals surface area contributed by atoms with Crippen molar-refractivity contribution in [2.24, 2.45) is 0 Å². The average Bonchev–Trinajstić information content (AvgIpc) is 3.22. The molecule has 2 heterocycles. The van der Waals surface area contributed by atoms with Crippen molar-refractivity contribution in [1.29, 1.82) is 0 Å². The standard InChI is InChI=1S/C22H22N4O4S/c1-30-21-5-3-2-4-19(21)26-31(28,29)17-8-6-15(7-9-17)13-24-22(27)20-12-16-14-23-11-10-18(16)25-20/h2-12,14,22,24-27H,13H2,1H3. The highest BCUT2D eigenvalue weighted by Gasteiger charge is 2.16. The maximum absolute atomic E-state index is 12.7. The van der Waals surface area contributed by atoms with Gasteiger partial charge in [0.1, 0.15) is 12.0 Å². The van der Waals surface area contributed by atoms with Crippen molar-refractivity contribution in [2.45, 2.75) is 17.7 Å². The molecule has 0 radical (unpaired) electrons. The molecule has 0 fully saturated rings. The summed E-state index contributed by atoms with van der Waals surface area (Å²) >= 11 is 0. The number of fused-ring (bicyclic) bond motifs is 1. The summed E-state index contributed by atoms with van der Waals surface area (Å²) in [4.78, 5) is 7.33. The molecule has 4 rings (SSSR count). The van der Waals surface area contributed by atoms with E-state index in [1.165, 1.54) is 19.2 Å². The number of nitrogens with one attached hydrogen (secondary N) is 3. The summed E-state index contributed by atoms with van der Waals surface area (Å²) in [6.45, 7) is 0.356. The van der Waals surface area contributed by atoms with Gasteiger partial charge in [-0.15, -0.1) is 0 Å². The van der Waals surface area contributed by atoms with Crippen molar-refractivity contribution in [3.63, 3.8) is 0 Å². The molecule has 160 valence electrons. The van der Waals surface area contributed by atoms with Gasteiger partial charge in [0.15, 0.2) is 0 Å². The molecule has 4 N–H and O–H groups in total.